The van der Waals surface area contributed by atoms with Crippen LogP contribution >= 0.6 is 0 Å². The maximum atomic E-state index is 14.9. The van der Waals surface area contributed by atoms with Gasteiger partial charge in [0.1, 0.15) is 11.9 Å². The summed E-state index contributed by atoms with van der Waals surface area (Å²) >= 11 is 0. The van der Waals surface area contributed by atoms with Gasteiger partial charge in [0.25, 0.3) is 0 Å². The zero-order chi connectivity index (χ0) is 22.4. The molecule has 7 heteroatoms. The zero-order valence-electron chi connectivity index (χ0n) is 18.4. The molecule has 1 aromatic heterocycles. The maximum Gasteiger partial charge on any atom is 0.226 e. The van der Waals surface area contributed by atoms with Gasteiger partial charge in [-0.05, 0) is 37.9 Å². The maximum absolute atomic E-state index is 14.9. The van der Waals surface area contributed by atoms with Crippen LogP contribution in [0.5, 0.6) is 0 Å². The van der Waals surface area contributed by atoms with Crippen molar-refractivity contribution >= 4 is 11.7 Å². The van der Waals surface area contributed by atoms with Crippen LogP contribution in [-0.2, 0) is 11.2 Å². The molecule has 0 bridgehead atoms. The Morgan fingerprint density at radius 2 is 1.91 bits per heavy atom. The highest BCUT2D eigenvalue weighted by Crippen LogP contribution is 2.47. The number of fused-ring (bicyclic) bond motifs is 3. The number of rotatable bonds is 2. The van der Waals surface area contributed by atoms with E-state index in [9.17, 15) is 14.4 Å². The lowest BCUT2D eigenvalue weighted by Crippen LogP contribution is -2.45. The molecule has 6 nitrogen and oxygen atoms in total. The normalized spacial score (nSPS) is 25.6. The van der Waals surface area contributed by atoms with Crippen molar-refractivity contribution in [2.75, 3.05) is 38.1 Å². The highest BCUT2D eigenvalue weighted by molar-refractivity contribution is 6.01. The van der Waals surface area contributed by atoms with E-state index in [4.69, 9.17) is 9.97 Å². The average molecular weight is 432 g/mol. The van der Waals surface area contributed by atoms with Crippen molar-refractivity contribution in [3.05, 3.63) is 53.0 Å². The predicted octanol–water partition coefficient (Wildman–Crippen LogP) is 3.35. The zero-order valence-corrected chi connectivity index (χ0v) is 18.4. The van der Waals surface area contributed by atoms with Gasteiger partial charge in [-0.3, -0.25) is 4.79 Å². The van der Waals surface area contributed by atoms with Crippen LogP contribution in [0.2, 0.25) is 0 Å². The van der Waals surface area contributed by atoms with Crippen molar-refractivity contribution in [2.45, 2.75) is 25.7 Å². The van der Waals surface area contributed by atoms with Gasteiger partial charge in [0, 0.05) is 49.1 Å². The molecular formula is C25H26FN5O. The Morgan fingerprint density at radius 1 is 1.16 bits per heavy atom. The van der Waals surface area contributed by atoms with Crippen LogP contribution in [0.1, 0.15) is 30.5 Å². The molecule has 5 rings (SSSR count). The van der Waals surface area contributed by atoms with Crippen molar-refractivity contribution in [3.63, 3.8) is 0 Å². The first kappa shape index (κ1) is 20.8. The Hall–Kier alpha value is -3.11. The third-order valence-corrected chi connectivity index (χ3v) is 7.23. The minimum absolute atomic E-state index is 0.0834. The van der Waals surface area contributed by atoms with Gasteiger partial charge in [-0.15, -0.1) is 0 Å². The number of aromatic nitrogens is 2. The van der Waals surface area contributed by atoms with E-state index in [1.165, 1.54) is 6.07 Å². The van der Waals surface area contributed by atoms with Crippen LogP contribution in [0.15, 0.2) is 35.9 Å². The number of hydrogen-bond acceptors (Lipinski definition) is 6. The van der Waals surface area contributed by atoms with Crippen LogP contribution in [0.3, 0.4) is 0 Å². The van der Waals surface area contributed by atoms with Gasteiger partial charge in [-0.1, -0.05) is 25.1 Å². The fourth-order valence-electron chi connectivity index (χ4n) is 5.29. The second-order valence-electron chi connectivity index (χ2n) is 9.08. The molecule has 1 fully saturated rings. The molecule has 0 amide bonds. The molecule has 0 saturated carbocycles. The number of allylic oxidation sites excluding steroid dienone is 2. The Kier molecular flexibility index (Phi) is 5.26. The third kappa shape index (κ3) is 3.39. The van der Waals surface area contributed by atoms with Crippen LogP contribution in [0.4, 0.5) is 10.3 Å². The molecule has 164 valence electrons. The second-order valence-corrected chi connectivity index (χ2v) is 9.08. The number of likely N-dealkylation sites (N-methyl/N-ethyl adjacent to an activating group) is 1. The summed E-state index contributed by atoms with van der Waals surface area (Å²) in [6.45, 7) is 5.33. The number of halogens is 1. The first-order valence-electron chi connectivity index (χ1n) is 11.2. The van der Waals surface area contributed by atoms with E-state index < -0.39 is 0 Å². The molecule has 1 saturated heterocycles. The van der Waals surface area contributed by atoms with E-state index in [1.54, 1.807) is 18.2 Å². The Bertz CT molecular complexity index is 1150. The standard InChI is InChI=1S/C25H26FN5O/c1-15-17-7-8-19-22(18-5-3-4-6-21(18)26)28-25(31-11-9-30(2)10-12-31)29-23(19)20(17)13-16(14-27)24(15)32/h3-6,13,15,17,20H,7-12H2,1-2H3. The minimum atomic E-state index is -0.305. The largest absolute Gasteiger partial charge is 0.338 e. The molecule has 0 N–H and O–H groups in total. The number of nitrogens with zero attached hydrogens (tertiary/aromatic N) is 5. The van der Waals surface area contributed by atoms with Crippen molar-refractivity contribution in [3.8, 4) is 17.3 Å². The SMILES string of the molecule is CC1C(=O)C(C#N)=CC2c3nc(N4CCN(C)CC4)nc(-c4ccccc4F)c3CCC12. The fourth-order valence-corrected chi connectivity index (χ4v) is 5.29. The first-order chi connectivity index (χ1) is 15.5. The number of piperazine rings is 1. The fraction of sp³-hybridized carbons (Fsp3) is 0.440. The van der Waals surface area contributed by atoms with Gasteiger partial charge in [0.05, 0.1) is 17.0 Å². The number of carbonyl (C=O) groups excluding carboxylic acids is 1. The molecule has 1 aromatic carbocycles. The Morgan fingerprint density at radius 3 is 2.62 bits per heavy atom. The highest BCUT2D eigenvalue weighted by Gasteiger charge is 2.42. The monoisotopic (exact) mass is 431 g/mol. The summed E-state index contributed by atoms with van der Waals surface area (Å²) in [5.41, 5.74) is 3.10. The van der Waals surface area contributed by atoms with Gasteiger partial charge in [0.2, 0.25) is 5.95 Å². The molecule has 2 aliphatic carbocycles. The molecule has 3 atom stereocenters. The van der Waals surface area contributed by atoms with Crippen LogP contribution in [0, 0.1) is 29.0 Å². The molecule has 3 unspecified atom stereocenters. The highest BCUT2D eigenvalue weighted by atomic mass is 19.1. The molecule has 0 radical (unpaired) electrons. The predicted molar refractivity (Wildman–Crippen MR) is 120 cm³/mol. The lowest BCUT2D eigenvalue weighted by molar-refractivity contribution is -0.120. The smallest absolute Gasteiger partial charge is 0.226 e. The van der Waals surface area contributed by atoms with E-state index in [-0.39, 0.29) is 34.9 Å². The van der Waals surface area contributed by atoms with E-state index in [2.05, 4.69) is 22.9 Å². The molecule has 0 spiro atoms. The van der Waals surface area contributed by atoms with Gasteiger partial charge in [-0.25, -0.2) is 14.4 Å². The van der Waals surface area contributed by atoms with Gasteiger partial charge < -0.3 is 9.80 Å². The number of nitriles is 1. The van der Waals surface area contributed by atoms with Crippen LogP contribution in [0.25, 0.3) is 11.3 Å². The Labute approximate surface area is 187 Å². The van der Waals surface area contributed by atoms with E-state index >= 15 is 0 Å². The second kappa shape index (κ2) is 8.10. The number of Topliss-reactive ketones (excluding diaryl/α,β-unsaturated/α-hetero) is 1. The van der Waals surface area contributed by atoms with Gasteiger partial charge in [-0.2, -0.15) is 5.26 Å². The molecule has 32 heavy (non-hydrogen) atoms. The number of benzene rings is 1. The summed E-state index contributed by atoms with van der Waals surface area (Å²) in [6.07, 6.45) is 3.27. The first-order valence-corrected chi connectivity index (χ1v) is 11.2. The molecule has 2 heterocycles. The summed E-state index contributed by atoms with van der Waals surface area (Å²) in [6, 6.07) is 8.81. The Balaban J connectivity index is 1.70. The van der Waals surface area contributed by atoms with E-state index in [1.807, 2.05) is 13.0 Å². The van der Waals surface area contributed by atoms with Gasteiger partial charge >= 0.3 is 0 Å². The van der Waals surface area contributed by atoms with Crippen molar-refractivity contribution in [1.29, 1.82) is 5.26 Å². The number of carbonyl (C=O) groups is 1. The van der Waals surface area contributed by atoms with Crippen molar-refractivity contribution in [1.82, 2.24) is 14.9 Å². The summed E-state index contributed by atoms with van der Waals surface area (Å²) in [7, 11) is 2.09. The molecular weight excluding hydrogens is 405 g/mol. The third-order valence-electron chi connectivity index (χ3n) is 7.23. The average Bonchev–Trinajstić information content (AvgIpc) is 2.81. The summed E-state index contributed by atoms with van der Waals surface area (Å²) in [5, 5.41) is 9.54. The van der Waals surface area contributed by atoms with Crippen LogP contribution < -0.4 is 4.90 Å². The molecule has 1 aliphatic heterocycles. The van der Waals surface area contributed by atoms with E-state index in [0.717, 1.165) is 43.9 Å². The van der Waals surface area contributed by atoms with Crippen molar-refractivity contribution < 1.29 is 9.18 Å². The molecule has 2 aromatic rings. The van der Waals surface area contributed by atoms with Gasteiger partial charge in [0.15, 0.2) is 5.78 Å². The minimum Gasteiger partial charge on any atom is -0.338 e. The van der Waals surface area contributed by atoms with Crippen LogP contribution in [-0.4, -0.2) is 53.9 Å². The summed E-state index contributed by atoms with van der Waals surface area (Å²) in [5.74, 6) is -0.0594. The quantitative estimate of drug-likeness (QED) is 0.726. The lowest BCUT2D eigenvalue weighted by atomic mass is 9.66. The van der Waals surface area contributed by atoms with E-state index in [0.29, 0.717) is 23.6 Å². The summed E-state index contributed by atoms with van der Waals surface area (Å²) in [4.78, 5) is 26.9. The molecule has 3 aliphatic rings. The number of hydrogen-bond donors (Lipinski definition) is 0. The summed E-state index contributed by atoms with van der Waals surface area (Å²) < 4.78 is 14.9. The topological polar surface area (TPSA) is 73.1 Å². The van der Waals surface area contributed by atoms with Crippen molar-refractivity contribution in [2.24, 2.45) is 11.8 Å². The number of anilines is 1. The lowest BCUT2D eigenvalue weighted by Gasteiger charge is -2.39. The number of ketones is 1.